The molecule has 0 radical (unpaired) electrons. The summed E-state index contributed by atoms with van der Waals surface area (Å²) >= 11 is 0. The second-order valence-electron chi connectivity index (χ2n) is 7.43. The van der Waals surface area contributed by atoms with E-state index in [2.05, 4.69) is 10.1 Å². The minimum Gasteiger partial charge on any atom is -0.496 e. The highest BCUT2D eigenvalue weighted by atomic mass is 19.1. The fourth-order valence-corrected chi connectivity index (χ4v) is 3.71. The molecule has 0 bridgehead atoms. The van der Waals surface area contributed by atoms with Gasteiger partial charge in [-0.1, -0.05) is 0 Å². The number of amides is 1. The van der Waals surface area contributed by atoms with Crippen molar-refractivity contribution in [3.63, 3.8) is 0 Å². The van der Waals surface area contributed by atoms with Crippen LogP contribution in [0.4, 0.5) is 10.1 Å². The van der Waals surface area contributed by atoms with E-state index >= 15 is 0 Å². The van der Waals surface area contributed by atoms with E-state index in [0.29, 0.717) is 30.1 Å². The number of nitrogens with one attached hydrogen (secondary N) is 3. The minimum absolute atomic E-state index is 0.0638. The van der Waals surface area contributed by atoms with Crippen molar-refractivity contribution in [2.24, 2.45) is 0 Å². The number of rotatable bonds is 7. The first-order chi connectivity index (χ1) is 14.5. The smallest absolute Gasteiger partial charge is 0.337 e. The molecule has 160 valence electrons. The Balaban J connectivity index is 1.46. The zero-order chi connectivity index (χ0) is 21.5. The summed E-state index contributed by atoms with van der Waals surface area (Å²) in [6.45, 7) is 4.61. The molecular formula is C22H28FN3O4+2. The second kappa shape index (κ2) is 10.2. The Hall–Kier alpha value is -2.97. The predicted octanol–water partition coefficient (Wildman–Crippen LogP) is -0.457. The Morgan fingerprint density at radius 1 is 1.00 bits per heavy atom. The lowest BCUT2D eigenvalue weighted by Gasteiger charge is -2.29. The fraction of sp³-hybridized carbons (Fsp3) is 0.364. The summed E-state index contributed by atoms with van der Waals surface area (Å²) in [4.78, 5) is 26.4. The molecule has 1 aliphatic rings. The maximum absolute atomic E-state index is 13.6. The number of esters is 1. The highest BCUT2D eigenvalue weighted by Gasteiger charge is 2.25. The van der Waals surface area contributed by atoms with Gasteiger partial charge in [0.15, 0.2) is 6.54 Å². The topological polar surface area (TPSA) is 73.5 Å². The maximum Gasteiger partial charge on any atom is 0.337 e. The first-order valence-corrected chi connectivity index (χ1v) is 9.96. The SMILES string of the molecule is COC(=O)c1ccc(NC(=O)C[NH+]2CC[NH+](Cc3cc(F)ccc3OC)CC2)cc1. The molecule has 2 aromatic carbocycles. The van der Waals surface area contributed by atoms with Gasteiger partial charge in [-0.3, -0.25) is 4.79 Å². The van der Waals surface area contributed by atoms with Crippen molar-refractivity contribution in [3.05, 3.63) is 59.4 Å². The molecule has 1 amide bonds. The summed E-state index contributed by atoms with van der Waals surface area (Å²) in [7, 11) is 2.92. The third-order valence-corrected chi connectivity index (χ3v) is 5.35. The molecule has 0 unspecified atom stereocenters. The van der Waals surface area contributed by atoms with Gasteiger partial charge in [0, 0.05) is 5.69 Å². The Bertz CT molecular complexity index is 880. The fourth-order valence-electron chi connectivity index (χ4n) is 3.71. The molecule has 1 saturated heterocycles. The van der Waals surface area contributed by atoms with E-state index in [-0.39, 0.29) is 11.7 Å². The number of carbonyl (C=O) groups is 2. The number of hydrogen-bond acceptors (Lipinski definition) is 4. The Labute approximate surface area is 175 Å². The molecule has 3 rings (SSSR count). The highest BCUT2D eigenvalue weighted by molar-refractivity contribution is 5.93. The number of carbonyl (C=O) groups excluding carboxylic acids is 2. The lowest BCUT2D eigenvalue weighted by Crippen LogP contribution is -3.28. The molecule has 2 aromatic rings. The van der Waals surface area contributed by atoms with E-state index in [4.69, 9.17) is 4.74 Å². The number of hydrogen-bond donors (Lipinski definition) is 3. The van der Waals surface area contributed by atoms with Crippen molar-refractivity contribution < 1.29 is 33.3 Å². The summed E-state index contributed by atoms with van der Waals surface area (Å²) in [6.07, 6.45) is 0. The van der Waals surface area contributed by atoms with Crippen LogP contribution >= 0.6 is 0 Å². The van der Waals surface area contributed by atoms with Crippen LogP contribution in [0.25, 0.3) is 0 Å². The lowest BCUT2D eigenvalue weighted by atomic mass is 10.1. The van der Waals surface area contributed by atoms with Crippen molar-refractivity contribution in [2.45, 2.75) is 6.54 Å². The largest absolute Gasteiger partial charge is 0.496 e. The number of quaternary nitrogens is 2. The van der Waals surface area contributed by atoms with Crippen LogP contribution in [0.5, 0.6) is 5.75 Å². The summed E-state index contributed by atoms with van der Waals surface area (Å²) in [5.74, 6) is -0.0263. The molecule has 0 aromatic heterocycles. The van der Waals surface area contributed by atoms with E-state index in [0.717, 1.165) is 31.7 Å². The van der Waals surface area contributed by atoms with Crippen molar-refractivity contribution in [1.82, 2.24) is 0 Å². The first-order valence-electron chi connectivity index (χ1n) is 9.96. The van der Waals surface area contributed by atoms with Crippen LogP contribution in [0.2, 0.25) is 0 Å². The number of benzene rings is 2. The van der Waals surface area contributed by atoms with Crippen molar-refractivity contribution in [1.29, 1.82) is 0 Å². The zero-order valence-electron chi connectivity index (χ0n) is 17.3. The van der Waals surface area contributed by atoms with E-state index in [1.165, 1.54) is 29.0 Å². The summed E-state index contributed by atoms with van der Waals surface area (Å²) in [5.41, 5.74) is 1.95. The molecule has 3 N–H and O–H groups in total. The molecule has 30 heavy (non-hydrogen) atoms. The van der Waals surface area contributed by atoms with Crippen molar-refractivity contribution in [2.75, 3.05) is 52.3 Å². The number of anilines is 1. The van der Waals surface area contributed by atoms with E-state index in [1.54, 1.807) is 37.4 Å². The van der Waals surface area contributed by atoms with Gasteiger partial charge >= 0.3 is 5.97 Å². The number of ether oxygens (including phenoxy) is 2. The van der Waals surface area contributed by atoms with Crippen molar-refractivity contribution in [3.8, 4) is 5.75 Å². The van der Waals surface area contributed by atoms with Crippen LogP contribution in [0.15, 0.2) is 42.5 Å². The van der Waals surface area contributed by atoms with Crippen LogP contribution in [-0.2, 0) is 16.1 Å². The first kappa shape index (κ1) is 21.7. The van der Waals surface area contributed by atoms with Gasteiger partial charge in [0.25, 0.3) is 5.91 Å². The summed E-state index contributed by atoms with van der Waals surface area (Å²) < 4.78 is 23.6. The van der Waals surface area contributed by atoms with Gasteiger partial charge in [-0.05, 0) is 42.5 Å². The summed E-state index contributed by atoms with van der Waals surface area (Å²) in [6, 6.07) is 11.2. The standard InChI is InChI=1S/C22H26FN3O4/c1-29-20-8-5-18(23)13-17(20)14-25-9-11-26(12-10-25)15-21(27)24-19-6-3-16(4-7-19)22(28)30-2/h3-8,13H,9-12,14-15H2,1-2H3,(H,24,27)/p+2. The molecule has 1 fully saturated rings. The average Bonchev–Trinajstić information content (AvgIpc) is 2.75. The van der Waals surface area contributed by atoms with Gasteiger partial charge in [0.05, 0.1) is 25.3 Å². The number of piperazine rings is 1. The van der Waals surface area contributed by atoms with Gasteiger partial charge in [0.2, 0.25) is 0 Å². The van der Waals surface area contributed by atoms with Crippen molar-refractivity contribution >= 4 is 17.6 Å². The number of halogens is 1. The molecule has 0 aliphatic carbocycles. The molecule has 7 nitrogen and oxygen atoms in total. The molecule has 1 heterocycles. The van der Waals surface area contributed by atoms with Gasteiger partial charge in [-0.15, -0.1) is 0 Å². The zero-order valence-corrected chi connectivity index (χ0v) is 17.3. The lowest BCUT2D eigenvalue weighted by molar-refractivity contribution is -1.02. The third kappa shape index (κ3) is 5.77. The normalized spacial score (nSPS) is 18.5. The van der Waals surface area contributed by atoms with Crippen LogP contribution in [0, 0.1) is 5.82 Å². The molecule has 0 saturated carbocycles. The second-order valence-corrected chi connectivity index (χ2v) is 7.43. The minimum atomic E-state index is -0.409. The number of methoxy groups -OCH3 is 2. The average molecular weight is 417 g/mol. The highest BCUT2D eigenvalue weighted by Crippen LogP contribution is 2.18. The monoisotopic (exact) mass is 417 g/mol. The molecule has 8 heteroatoms. The molecule has 0 atom stereocenters. The van der Waals surface area contributed by atoms with Crippen LogP contribution in [0.3, 0.4) is 0 Å². The third-order valence-electron chi connectivity index (χ3n) is 5.35. The maximum atomic E-state index is 13.6. The van der Waals surface area contributed by atoms with Gasteiger partial charge in [-0.2, -0.15) is 0 Å². The molecular weight excluding hydrogens is 389 g/mol. The van der Waals surface area contributed by atoms with E-state index < -0.39 is 5.97 Å². The Morgan fingerprint density at radius 2 is 1.67 bits per heavy atom. The van der Waals surface area contributed by atoms with Crippen LogP contribution in [-0.4, -0.2) is 58.8 Å². The Kier molecular flexibility index (Phi) is 7.37. The van der Waals surface area contributed by atoms with Gasteiger partial charge in [0.1, 0.15) is 44.3 Å². The quantitative estimate of drug-likeness (QED) is 0.534. The van der Waals surface area contributed by atoms with Crippen LogP contribution in [0.1, 0.15) is 15.9 Å². The molecule has 1 aliphatic heterocycles. The molecule has 0 spiro atoms. The van der Waals surface area contributed by atoms with E-state index in [1.807, 2.05) is 0 Å². The van der Waals surface area contributed by atoms with Crippen LogP contribution < -0.4 is 19.9 Å². The van der Waals surface area contributed by atoms with Gasteiger partial charge < -0.3 is 24.6 Å². The summed E-state index contributed by atoms with van der Waals surface area (Å²) in [5, 5.41) is 2.87. The van der Waals surface area contributed by atoms with E-state index in [9.17, 15) is 14.0 Å². The predicted molar refractivity (Wildman–Crippen MR) is 109 cm³/mol. The van der Waals surface area contributed by atoms with Gasteiger partial charge in [-0.25, -0.2) is 9.18 Å². The Morgan fingerprint density at radius 3 is 2.30 bits per heavy atom.